The first-order valence-corrected chi connectivity index (χ1v) is 10.8. The van der Waals surface area contributed by atoms with Gasteiger partial charge in [-0.3, -0.25) is 0 Å². The number of anilines is 1. The smallest absolute Gasteiger partial charge is 0.490 e. The highest BCUT2D eigenvalue weighted by molar-refractivity contribution is 5.74. The van der Waals surface area contributed by atoms with Gasteiger partial charge in [0.1, 0.15) is 30.0 Å². The SMILES string of the molecule is CC1(COc2ccc(N3CCC(Oc4ccc(OC(F)(F)F)cc4)CC3)cc2)OC(N)=NC1O. The molecule has 2 unspecified atom stereocenters. The molecule has 8 nitrogen and oxygen atoms in total. The minimum absolute atomic E-state index is 0.0264. The van der Waals surface area contributed by atoms with E-state index in [4.69, 9.17) is 19.9 Å². The van der Waals surface area contributed by atoms with E-state index in [0.29, 0.717) is 11.5 Å². The molecule has 2 aliphatic rings. The summed E-state index contributed by atoms with van der Waals surface area (Å²) in [5.41, 5.74) is 5.51. The Morgan fingerprint density at radius 2 is 1.65 bits per heavy atom. The average Bonchev–Trinajstić information content (AvgIpc) is 3.05. The first kappa shape index (κ1) is 23.8. The molecule has 11 heteroatoms. The number of benzene rings is 2. The molecule has 1 fully saturated rings. The van der Waals surface area contributed by atoms with Gasteiger partial charge in [0, 0.05) is 31.6 Å². The lowest BCUT2D eigenvalue weighted by Crippen LogP contribution is -2.43. The summed E-state index contributed by atoms with van der Waals surface area (Å²) in [4.78, 5) is 5.99. The van der Waals surface area contributed by atoms with E-state index in [0.717, 1.165) is 31.6 Å². The third kappa shape index (κ3) is 5.96. The molecule has 2 aliphatic heterocycles. The summed E-state index contributed by atoms with van der Waals surface area (Å²) < 4.78 is 57.7. The molecule has 0 aliphatic carbocycles. The summed E-state index contributed by atoms with van der Waals surface area (Å²) in [6.07, 6.45) is -4.28. The number of halogens is 3. The highest BCUT2D eigenvalue weighted by atomic mass is 19.4. The fourth-order valence-electron chi connectivity index (χ4n) is 3.80. The molecule has 0 saturated carbocycles. The maximum absolute atomic E-state index is 12.3. The molecule has 34 heavy (non-hydrogen) atoms. The van der Waals surface area contributed by atoms with Gasteiger partial charge in [0.05, 0.1) is 0 Å². The molecule has 0 amide bonds. The lowest BCUT2D eigenvalue weighted by molar-refractivity contribution is -0.274. The monoisotopic (exact) mass is 481 g/mol. The van der Waals surface area contributed by atoms with Crippen molar-refractivity contribution in [2.24, 2.45) is 10.7 Å². The number of amidine groups is 1. The van der Waals surface area contributed by atoms with E-state index < -0.39 is 18.2 Å². The fraction of sp³-hybridized carbons (Fsp3) is 0.435. The normalized spacial score (nSPS) is 23.3. The number of hydrogen-bond acceptors (Lipinski definition) is 8. The maximum atomic E-state index is 12.3. The molecule has 0 aromatic heterocycles. The van der Waals surface area contributed by atoms with Crippen molar-refractivity contribution in [3.05, 3.63) is 48.5 Å². The zero-order chi connectivity index (χ0) is 24.3. The van der Waals surface area contributed by atoms with Crippen molar-refractivity contribution >= 4 is 11.7 Å². The van der Waals surface area contributed by atoms with Gasteiger partial charge in [-0.15, -0.1) is 13.2 Å². The Morgan fingerprint density at radius 1 is 1.06 bits per heavy atom. The molecule has 184 valence electrons. The molecule has 0 spiro atoms. The van der Waals surface area contributed by atoms with Crippen LogP contribution in [0.5, 0.6) is 17.2 Å². The Kier molecular flexibility index (Phi) is 6.65. The van der Waals surface area contributed by atoms with Crippen LogP contribution in [0.4, 0.5) is 18.9 Å². The van der Waals surface area contributed by atoms with Crippen molar-refractivity contribution in [2.75, 3.05) is 24.6 Å². The first-order valence-electron chi connectivity index (χ1n) is 10.8. The number of nitrogens with two attached hydrogens (primary N) is 1. The maximum Gasteiger partial charge on any atom is 0.573 e. The zero-order valence-electron chi connectivity index (χ0n) is 18.5. The molecule has 4 rings (SSSR count). The van der Waals surface area contributed by atoms with Crippen molar-refractivity contribution in [2.45, 2.75) is 44.1 Å². The van der Waals surface area contributed by atoms with Crippen molar-refractivity contribution in [1.82, 2.24) is 0 Å². The summed E-state index contributed by atoms with van der Waals surface area (Å²) in [5, 5.41) is 9.94. The van der Waals surface area contributed by atoms with Crippen LogP contribution in [0.15, 0.2) is 53.5 Å². The summed E-state index contributed by atoms with van der Waals surface area (Å²) >= 11 is 0. The number of aliphatic hydroxyl groups excluding tert-OH is 1. The minimum atomic E-state index is -4.71. The molecule has 1 saturated heterocycles. The van der Waals surface area contributed by atoms with E-state index in [2.05, 4.69) is 14.6 Å². The quantitative estimate of drug-likeness (QED) is 0.625. The number of aliphatic hydroxyl groups is 1. The van der Waals surface area contributed by atoms with Gasteiger partial charge < -0.3 is 34.7 Å². The van der Waals surface area contributed by atoms with Gasteiger partial charge in [0.25, 0.3) is 6.02 Å². The van der Waals surface area contributed by atoms with Crippen LogP contribution in [0.25, 0.3) is 0 Å². The topological polar surface area (TPSA) is 98.8 Å². The number of hydrogen-bond donors (Lipinski definition) is 2. The summed E-state index contributed by atoms with van der Waals surface area (Å²) in [6, 6.07) is 13.0. The molecule has 3 N–H and O–H groups in total. The average molecular weight is 481 g/mol. The van der Waals surface area contributed by atoms with Crippen molar-refractivity contribution in [3.8, 4) is 17.2 Å². The lowest BCUT2D eigenvalue weighted by atomic mass is 10.1. The Hall–Kier alpha value is -3.34. The van der Waals surface area contributed by atoms with Crippen LogP contribution in [0, 0.1) is 0 Å². The van der Waals surface area contributed by atoms with E-state index in [-0.39, 0.29) is 24.5 Å². The standard InChI is InChI=1S/C23H26F3N3O5/c1-22(20(30)28-21(27)34-22)14-31-16-4-2-15(3-5-16)29-12-10-18(11-13-29)32-17-6-8-19(9-7-17)33-23(24,25)26/h2-9,18,20,30H,10-14H2,1H3,(H2,27,28). The van der Waals surface area contributed by atoms with Crippen LogP contribution in [0.3, 0.4) is 0 Å². The lowest BCUT2D eigenvalue weighted by Gasteiger charge is -2.34. The van der Waals surface area contributed by atoms with E-state index in [1.807, 2.05) is 24.3 Å². The van der Waals surface area contributed by atoms with Crippen LogP contribution < -0.4 is 24.8 Å². The minimum Gasteiger partial charge on any atom is -0.490 e. The Morgan fingerprint density at radius 3 is 2.21 bits per heavy atom. The van der Waals surface area contributed by atoms with Gasteiger partial charge in [-0.05, 0) is 55.5 Å². The second kappa shape index (κ2) is 9.49. The van der Waals surface area contributed by atoms with E-state index in [9.17, 15) is 18.3 Å². The third-order valence-corrected chi connectivity index (χ3v) is 5.66. The largest absolute Gasteiger partial charge is 0.573 e. The van der Waals surface area contributed by atoms with Gasteiger partial charge in [0.2, 0.25) is 0 Å². The molecule has 2 atom stereocenters. The predicted octanol–water partition coefficient (Wildman–Crippen LogP) is 3.43. The summed E-state index contributed by atoms with van der Waals surface area (Å²) in [7, 11) is 0. The van der Waals surface area contributed by atoms with Crippen LogP contribution in [0.1, 0.15) is 19.8 Å². The molecule has 0 bridgehead atoms. The van der Waals surface area contributed by atoms with Crippen LogP contribution >= 0.6 is 0 Å². The Bertz CT molecular complexity index is 992. The first-order chi connectivity index (χ1) is 16.1. The molecule has 2 heterocycles. The van der Waals surface area contributed by atoms with Gasteiger partial charge in [0.15, 0.2) is 11.8 Å². The van der Waals surface area contributed by atoms with Gasteiger partial charge in [-0.1, -0.05) is 0 Å². The van der Waals surface area contributed by atoms with Crippen LogP contribution in [-0.4, -0.2) is 55.1 Å². The molecule has 2 aromatic rings. The van der Waals surface area contributed by atoms with Crippen molar-refractivity contribution in [3.63, 3.8) is 0 Å². The number of rotatable bonds is 7. The Balaban J connectivity index is 1.23. The van der Waals surface area contributed by atoms with Crippen molar-refractivity contribution < 1.29 is 37.2 Å². The second-order valence-electron chi connectivity index (χ2n) is 8.36. The number of ether oxygens (including phenoxy) is 4. The van der Waals surface area contributed by atoms with Gasteiger partial charge >= 0.3 is 6.36 Å². The van der Waals surface area contributed by atoms with E-state index >= 15 is 0 Å². The summed E-state index contributed by atoms with van der Waals surface area (Å²) in [6.45, 7) is 3.31. The van der Waals surface area contributed by atoms with Crippen molar-refractivity contribution in [1.29, 1.82) is 0 Å². The van der Waals surface area contributed by atoms with Crippen LogP contribution in [0.2, 0.25) is 0 Å². The molecule has 2 aromatic carbocycles. The predicted molar refractivity (Wildman–Crippen MR) is 118 cm³/mol. The van der Waals surface area contributed by atoms with E-state index in [1.165, 1.54) is 24.3 Å². The number of alkyl halides is 3. The zero-order valence-corrected chi connectivity index (χ0v) is 18.5. The van der Waals surface area contributed by atoms with Crippen LogP contribution in [-0.2, 0) is 4.74 Å². The highest BCUT2D eigenvalue weighted by Gasteiger charge is 2.42. The molecule has 0 radical (unpaired) electrons. The molecular formula is C23H26F3N3O5. The van der Waals surface area contributed by atoms with Gasteiger partial charge in [-0.2, -0.15) is 4.99 Å². The highest BCUT2D eigenvalue weighted by Crippen LogP contribution is 2.29. The third-order valence-electron chi connectivity index (χ3n) is 5.66. The number of piperidine rings is 1. The summed E-state index contributed by atoms with van der Waals surface area (Å²) in [5.74, 6) is 0.856. The molecular weight excluding hydrogens is 455 g/mol. The second-order valence-corrected chi connectivity index (χ2v) is 8.36. The van der Waals surface area contributed by atoms with Gasteiger partial charge in [-0.25, -0.2) is 0 Å². The number of nitrogens with zero attached hydrogens (tertiary/aromatic N) is 2. The number of aliphatic imine (C=N–C) groups is 1. The van der Waals surface area contributed by atoms with E-state index in [1.54, 1.807) is 6.92 Å². The Labute approximate surface area is 194 Å². The fourth-order valence-corrected chi connectivity index (χ4v) is 3.80.